The largest absolute Gasteiger partial charge is 0.478 e. The Morgan fingerprint density at radius 3 is 2.05 bits per heavy atom. The normalized spacial score (nSPS) is 12.0. The number of hydrogen-bond acceptors (Lipinski definition) is 4. The van der Waals surface area contributed by atoms with E-state index < -0.39 is 12.1 Å². The van der Waals surface area contributed by atoms with Gasteiger partial charge in [0.05, 0.1) is 5.69 Å². The highest BCUT2D eigenvalue weighted by Gasteiger charge is 2.29. The number of benzene rings is 4. The molecule has 2 N–H and O–H groups in total. The van der Waals surface area contributed by atoms with Crippen molar-refractivity contribution in [3.63, 3.8) is 0 Å². The van der Waals surface area contributed by atoms with Crippen LogP contribution in [0.4, 0.5) is 10.5 Å². The zero-order valence-corrected chi connectivity index (χ0v) is 20.2. The smallest absolute Gasteiger partial charge is 0.411 e. The van der Waals surface area contributed by atoms with Gasteiger partial charge in [-0.25, -0.2) is 14.3 Å². The summed E-state index contributed by atoms with van der Waals surface area (Å²) in [5.41, 5.74) is 6.98. The van der Waals surface area contributed by atoms with E-state index in [1.165, 1.54) is 17.3 Å². The highest BCUT2D eigenvalue weighted by atomic mass is 16.5. The number of para-hydroxylation sites is 1. The second-order valence-electron chi connectivity index (χ2n) is 9.00. The number of carbonyl (C=O) groups excluding carboxylic acids is 1. The second-order valence-corrected chi connectivity index (χ2v) is 9.00. The first-order valence-electron chi connectivity index (χ1n) is 12.2. The summed E-state index contributed by atoms with van der Waals surface area (Å²) in [5, 5.41) is 17.0. The molecule has 0 saturated heterocycles. The van der Waals surface area contributed by atoms with E-state index in [0.29, 0.717) is 16.9 Å². The molecule has 5 aromatic rings. The van der Waals surface area contributed by atoms with Gasteiger partial charge < -0.3 is 9.84 Å². The van der Waals surface area contributed by atoms with E-state index in [0.717, 1.165) is 16.8 Å². The second kappa shape index (κ2) is 9.71. The fourth-order valence-electron chi connectivity index (χ4n) is 4.92. The molecule has 7 heteroatoms. The van der Waals surface area contributed by atoms with Crippen molar-refractivity contribution in [1.29, 1.82) is 0 Å². The van der Waals surface area contributed by atoms with Gasteiger partial charge in [0.2, 0.25) is 0 Å². The highest BCUT2D eigenvalue weighted by molar-refractivity contribution is 5.95. The lowest BCUT2D eigenvalue weighted by molar-refractivity contribution is 0.0697. The van der Waals surface area contributed by atoms with Crippen LogP contribution in [0.15, 0.2) is 109 Å². The maximum atomic E-state index is 12.6. The number of hydrogen-bond donors (Lipinski definition) is 2. The molecule has 6 rings (SSSR count). The molecule has 0 aliphatic heterocycles. The van der Waals surface area contributed by atoms with Crippen LogP contribution in [-0.2, 0) is 4.74 Å². The van der Waals surface area contributed by atoms with E-state index in [2.05, 4.69) is 34.7 Å². The van der Waals surface area contributed by atoms with E-state index in [1.807, 2.05) is 54.6 Å². The summed E-state index contributed by atoms with van der Waals surface area (Å²) in [5.74, 6) is -1.09. The topological polar surface area (TPSA) is 93.5 Å². The van der Waals surface area contributed by atoms with E-state index in [4.69, 9.17) is 4.74 Å². The van der Waals surface area contributed by atoms with Crippen molar-refractivity contribution in [3.8, 4) is 28.1 Å². The molecule has 0 fully saturated rings. The molecule has 0 saturated carbocycles. The van der Waals surface area contributed by atoms with Gasteiger partial charge >= 0.3 is 12.1 Å². The molecule has 1 amide bonds. The van der Waals surface area contributed by atoms with E-state index in [-0.39, 0.29) is 18.1 Å². The molecule has 1 aliphatic rings. The first-order chi connectivity index (χ1) is 18.6. The van der Waals surface area contributed by atoms with E-state index >= 15 is 0 Å². The number of aromatic carboxylic acids is 1. The van der Waals surface area contributed by atoms with Gasteiger partial charge in [0, 0.05) is 23.4 Å². The summed E-state index contributed by atoms with van der Waals surface area (Å²) in [7, 11) is 0. The average molecular weight is 502 g/mol. The molecule has 4 aromatic carbocycles. The number of rotatable bonds is 6. The molecular formula is C31H23N3O4. The first kappa shape index (κ1) is 23.2. The quantitative estimate of drug-likeness (QED) is 0.273. The molecule has 38 heavy (non-hydrogen) atoms. The van der Waals surface area contributed by atoms with Crippen molar-refractivity contribution in [2.75, 3.05) is 11.9 Å². The third-order valence-corrected chi connectivity index (χ3v) is 6.71. The van der Waals surface area contributed by atoms with Gasteiger partial charge in [0.25, 0.3) is 0 Å². The Balaban J connectivity index is 1.15. The Morgan fingerprint density at radius 1 is 0.816 bits per heavy atom. The molecule has 7 nitrogen and oxygen atoms in total. The molecule has 0 bridgehead atoms. The third kappa shape index (κ3) is 4.30. The van der Waals surface area contributed by atoms with Crippen molar-refractivity contribution in [2.24, 2.45) is 0 Å². The minimum atomic E-state index is -1.07. The molecule has 186 valence electrons. The van der Waals surface area contributed by atoms with Crippen molar-refractivity contribution >= 4 is 17.7 Å². The SMILES string of the molecule is O=C(Nc1ccc(-c2nn(-c3ccccc3)cc2C(=O)O)cc1)OCC1c2ccccc2-c2ccccc21. The van der Waals surface area contributed by atoms with Gasteiger partial charge in [-0.2, -0.15) is 5.10 Å². The predicted octanol–water partition coefficient (Wildman–Crippen LogP) is 6.60. The molecule has 1 aliphatic carbocycles. The van der Waals surface area contributed by atoms with Crippen molar-refractivity contribution in [3.05, 3.63) is 126 Å². The number of carboxylic acid groups (broad SMARTS) is 1. The first-order valence-corrected chi connectivity index (χ1v) is 12.2. The fourth-order valence-corrected chi connectivity index (χ4v) is 4.92. The van der Waals surface area contributed by atoms with E-state index in [1.54, 1.807) is 28.9 Å². The summed E-state index contributed by atoms with van der Waals surface area (Å²) in [4.78, 5) is 24.5. The number of carbonyl (C=O) groups is 2. The summed E-state index contributed by atoms with van der Waals surface area (Å²) in [6.07, 6.45) is 0.940. The Hall–Kier alpha value is -5.17. The van der Waals surface area contributed by atoms with Gasteiger partial charge in [0.15, 0.2) is 0 Å². The standard InChI is InChI=1S/C31H23N3O4/c35-30(36)27-18-34(22-8-2-1-3-9-22)33-29(27)20-14-16-21(17-15-20)32-31(37)38-19-28-25-12-6-4-10-23(25)24-11-5-7-13-26(24)28/h1-18,28H,19H2,(H,32,37)(H,35,36). The highest BCUT2D eigenvalue weighted by Crippen LogP contribution is 2.44. The van der Waals surface area contributed by atoms with Crippen LogP contribution in [-0.4, -0.2) is 33.6 Å². The number of anilines is 1. The monoisotopic (exact) mass is 501 g/mol. The Morgan fingerprint density at radius 2 is 1.42 bits per heavy atom. The minimum absolute atomic E-state index is 0.0234. The van der Waals surface area contributed by atoms with Gasteiger partial charge in [-0.3, -0.25) is 5.32 Å². The molecule has 1 heterocycles. The molecule has 1 aromatic heterocycles. The molecule has 0 spiro atoms. The Kier molecular flexibility index (Phi) is 5.94. The van der Waals surface area contributed by atoms with Crippen LogP contribution in [0.5, 0.6) is 0 Å². The number of ether oxygens (including phenoxy) is 1. The van der Waals surface area contributed by atoms with Crippen LogP contribution in [0.25, 0.3) is 28.1 Å². The lowest BCUT2D eigenvalue weighted by Crippen LogP contribution is -2.17. The van der Waals surface area contributed by atoms with Gasteiger partial charge in [-0.1, -0.05) is 78.9 Å². The van der Waals surface area contributed by atoms with Crippen LogP contribution in [0, 0.1) is 0 Å². The number of nitrogens with one attached hydrogen (secondary N) is 1. The van der Waals surface area contributed by atoms with E-state index in [9.17, 15) is 14.7 Å². The number of nitrogens with zero attached hydrogens (tertiary/aromatic N) is 2. The third-order valence-electron chi connectivity index (χ3n) is 6.71. The Labute approximate surface area is 219 Å². The van der Waals surface area contributed by atoms with Gasteiger partial charge in [-0.05, 0) is 46.5 Å². The molecule has 0 atom stereocenters. The van der Waals surface area contributed by atoms with Crippen LogP contribution < -0.4 is 5.32 Å². The maximum Gasteiger partial charge on any atom is 0.411 e. The Bertz CT molecular complexity index is 1600. The van der Waals surface area contributed by atoms with Crippen molar-refractivity contribution < 1.29 is 19.4 Å². The van der Waals surface area contributed by atoms with Crippen LogP contribution in [0.3, 0.4) is 0 Å². The predicted molar refractivity (Wildman–Crippen MR) is 145 cm³/mol. The van der Waals surface area contributed by atoms with Crippen LogP contribution in [0.2, 0.25) is 0 Å². The van der Waals surface area contributed by atoms with Crippen LogP contribution >= 0.6 is 0 Å². The minimum Gasteiger partial charge on any atom is -0.478 e. The maximum absolute atomic E-state index is 12.6. The molecular weight excluding hydrogens is 478 g/mol. The number of carboxylic acids is 1. The zero-order valence-electron chi connectivity index (χ0n) is 20.2. The van der Waals surface area contributed by atoms with Crippen LogP contribution in [0.1, 0.15) is 27.4 Å². The van der Waals surface area contributed by atoms with Gasteiger partial charge in [-0.15, -0.1) is 0 Å². The lowest BCUT2D eigenvalue weighted by Gasteiger charge is -2.14. The number of amides is 1. The molecule has 0 radical (unpaired) electrons. The van der Waals surface area contributed by atoms with Crippen molar-refractivity contribution in [2.45, 2.75) is 5.92 Å². The van der Waals surface area contributed by atoms with Crippen molar-refractivity contribution in [1.82, 2.24) is 9.78 Å². The van der Waals surface area contributed by atoms with Gasteiger partial charge in [0.1, 0.15) is 17.9 Å². The fraction of sp³-hybridized carbons (Fsp3) is 0.0645. The number of fused-ring (bicyclic) bond motifs is 3. The zero-order chi connectivity index (χ0) is 26.1. The summed E-state index contributed by atoms with van der Waals surface area (Å²) < 4.78 is 7.16. The average Bonchev–Trinajstić information content (AvgIpc) is 3.54. The summed E-state index contributed by atoms with van der Waals surface area (Å²) >= 11 is 0. The summed E-state index contributed by atoms with van der Waals surface area (Å²) in [6.45, 7) is 0.219. The lowest BCUT2D eigenvalue weighted by atomic mass is 9.98. The molecule has 0 unspecified atom stereocenters. The number of aromatic nitrogens is 2. The summed E-state index contributed by atoms with van der Waals surface area (Å²) in [6, 6.07) is 32.5.